The molecule has 1 aromatic rings. The molecule has 1 atom stereocenters. The summed E-state index contributed by atoms with van der Waals surface area (Å²) in [6.45, 7) is 0.872. The zero-order valence-corrected chi connectivity index (χ0v) is 11.0. The number of hydrogen-bond donors (Lipinski definition) is 0. The molecule has 0 unspecified atom stereocenters. The zero-order chi connectivity index (χ0) is 11.8. The predicted octanol–water partition coefficient (Wildman–Crippen LogP) is 3.32. The first-order valence-electron chi connectivity index (χ1n) is 5.93. The third-order valence-corrected chi connectivity index (χ3v) is 4.73. The Kier molecular flexibility index (Phi) is 3.05. The summed E-state index contributed by atoms with van der Waals surface area (Å²) < 4.78 is 0. The first-order valence-corrected chi connectivity index (χ1v) is 7.36. The number of thioether (sulfide) groups is 1. The molecule has 4 heteroatoms. The van der Waals surface area contributed by atoms with Crippen molar-refractivity contribution >= 4 is 29.3 Å². The van der Waals surface area contributed by atoms with E-state index in [-0.39, 0.29) is 5.37 Å². The lowest BCUT2D eigenvalue weighted by atomic mass is 10.2. The Bertz CT molecular complexity index is 447. The van der Waals surface area contributed by atoms with Gasteiger partial charge in [-0.2, -0.15) is 0 Å². The summed E-state index contributed by atoms with van der Waals surface area (Å²) in [7, 11) is 0. The molecule has 0 spiro atoms. The number of halogens is 1. The van der Waals surface area contributed by atoms with E-state index < -0.39 is 0 Å². The van der Waals surface area contributed by atoms with E-state index in [4.69, 9.17) is 11.6 Å². The monoisotopic (exact) mass is 267 g/mol. The van der Waals surface area contributed by atoms with Gasteiger partial charge in [-0.15, -0.1) is 11.8 Å². The van der Waals surface area contributed by atoms with Crippen LogP contribution in [-0.2, 0) is 4.79 Å². The van der Waals surface area contributed by atoms with Crippen molar-refractivity contribution in [2.24, 2.45) is 5.92 Å². The van der Waals surface area contributed by atoms with Gasteiger partial charge in [0.1, 0.15) is 5.37 Å². The number of rotatable bonds is 2. The predicted molar refractivity (Wildman–Crippen MR) is 71.1 cm³/mol. The van der Waals surface area contributed by atoms with Crippen molar-refractivity contribution in [2.45, 2.75) is 18.2 Å². The van der Waals surface area contributed by atoms with Gasteiger partial charge in [0.15, 0.2) is 0 Å². The molecule has 1 aromatic carbocycles. The highest BCUT2D eigenvalue weighted by Gasteiger charge is 2.39. The van der Waals surface area contributed by atoms with Crippen LogP contribution in [0.25, 0.3) is 0 Å². The highest BCUT2D eigenvalue weighted by Crippen LogP contribution is 2.42. The number of carbonyl (C=O) groups is 1. The zero-order valence-electron chi connectivity index (χ0n) is 9.43. The highest BCUT2D eigenvalue weighted by molar-refractivity contribution is 7.99. The van der Waals surface area contributed by atoms with Gasteiger partial charge in [0.25, 0.3) is 0 Å². The molecule has 2 nitrogen and oxygen atoms in total. The van der Waals surface area contributed by atoms with Gasteiger partial charge in [0, 0.05) is 23.2 Å². The van der Waals surface area contributed by atoms with Crippen LogP contribution in [0.3, 0.4) is 0 Å². The maximum atomic E-state index is 12.2. The van der Waals surface area contributed by atoms with Crippen molar-refractivity contribution in [3.8, 4) is 0 Å². The molecule has 0 bridgehead atoms. The molecule has 90 valence electrons. The average Bonchev–Trinajstić information content (AvgIpc) is 3.05. The molecular weight excluding hydrogens is 254 g/mol. The van der Waals surface area contributed by atoms with E-state index in [1.54, 1.807) is 0 Å². The van der Waals surface area contributed by atoms with Crippen LogP contribution >= 0.6 is 23.4 Å². The summed E-state index contributed by atoms with van der Waals surface area (Å²) in [4.78, 5) is 14.2. The minimum atomic E-state index is 0.168. The summed E-state index contributed by atoms with van der Waals surface area (Å²) in [5, 5.41) is 0.913. The number of hydrogen-bond acceptors (Lipinski definition) is 2. The SMILES string of the molecule is O=C(C1CC1)N1CCS[C@@H]1c1cccc(Cl)c1. The molecule has 1 aliphatic heterocycles. The van der Waals surface area contributed by atoms with Gasteiger partial charge >= 0.3 is 0 Å². The molecule has 17 heavy (non-hydrogen) atoms. The van der Waals surface area contributed by atoms with Crippen LogP contribution in [0.5, 0.6) is 0 Å². The van der Waals surface area contributed by atoms with E-state index in [0.717, 1.165) is 35.7 Å². The number of amides is 1. The normalized spacial score (nSPS) is 24.1. The van der Waals surface area contributed by atoms with E-state index in [2.05, 4.69) is 6.07 Å². The molecule has 1 saturated heterocycles. The number of carbonyl (C=O) groups excluding carboxylic acids is 1. The van der Waals surface area contributed by atoms with Crippen LogP contribution in [0, 0.1) is 5.92 Å². The number of benzene rings is 1. The van der Waals surface area contributed by atoms with Gasteiger partial charge in [0.05, 0.1) is 0 Å². The van der Waals surface area contributed by atoms with Crippen molar-refractivity contribution in [3.63, 3.8) is 0 Å². The van der Waals surface area contributed by atoms with Crippen LogP contribution in [-0.4, -0.2) is 23.1 Å². The van der Waals surface area contributed by atoms with E-state index in [9.17, 15) is 4.79 Å². The third kappa shape index (κ3) is 2.31. The Labute approximate surface area is 110 Å². The van der Waals surface area contributed by atoms with Crippen LogP contribution in [0.15, 0.2) is 24.3 Å². The third-order valence-electron chi connectivity index (χ3n) is 3.23. The molecule has 2 fully saturated rings. The average molecular weight is 268 g/mol. The molecule has 1 saturated carbocycles. The first-order chi connectivity index (χ1) is 8.25. The van der Waals surface area contributed by atoms with Gasteiger partial charge in [-0.1, -0.05) is 23.7 Å². The smallest absolute Gasteiger partial charge is 0.226 e. The number of nitrogens with zero attached hydrogens (tertiary/aromatic N) is 1. The topological polar surface area (TPSA) is 20.3 Å². The minimum absolute atomic E-state index is 0.168. The molecule has 3 rings (SSSR count). The van der Waals surface area contributed by atoms with Crippen molar-refractivity contribution < 1.29 is 4.79 Å². The molecule has 2 aliphatic rings. The molecule has 0 N–H and O–H groups in total. The molecule has 1 aliphatic carbocycles. The Morgan fingerprint density at radius 3 is 2.94 bits per heavy atom. The Hall–Kier alpha value is -0.670. The highest BCUT2D eigenvalue weighted by atomic mass is 35.5. The summed E-state index contributed by atoms with van der Waals surface area (Å²) >= 11 is 7.84. The fourth-order valence-corrected chi connectivity index (χ4v) is 3.65. The molecule has 1 heterocycles. The largest absolute Gasteiger partial charge is 0.325 e. The second-order valence-electron chi connectivity index (χ2n) is 4.58. The van der Waals surface area contributed by atoms with Gasteiger partial charge in [-0.25, -0.2) is 0 Å². The first kappa shape index (κ1) is 11.4. The summed E-state index contributed by atoms with van der Waals surface area (Å²) in [6, 6.07) is 7.85. The van der Waals surface area contributed by atoms with E-state index >= 15 is 0 Å². The Morgan fingerprint density at radius 2 is 2.24 bits per heavy atom. The standard InChI is InChI=1S/C13H14ClNOS/c14-11-3-1-2-10(8-11)13-15(6-7-17-13)12(16)9-4-5-9/h1-3,8-9,13H,4-7H2/t13-/m1/s1. The quantitative estimate of drug-likeness (QED) is 0.819. The molecule has 0 aromatic heterocycles. The Balaban J connectivity index is 1.83. The maximum absolute atomic E-state index is 12.2. The second kappa shape index (κ2) is 4.54. The van der Waals surface area contributed by atoms with Crippen molar-refractivity contribution in [1.82, 2.24) is 4.90 Å². The van der Waals surface area contributed by atoms with Crippen molar-refractivity contribution in [3.05, 3.63) is 34.9 Å². The molecule has 1 amide bonds. The van der Waals surface area contributed by atoms with Gasteiger partial charge in [0.2, 0.25) is 5.91 Å². The molecular formula is C13H14ClNOS. The lowest BCUT2D eigenvalue weighted by Crippen LogP contribution is -2.31. The van der Waals surface area contributed by atoms with E-state index in [1.807, 2.05) is 34.9 Å². The van der Waals surface area contributed by atoms with Crippen LogP contribution in [0.2, 0.25) is 5.02 Å². The summed E-state index contributed by atoms with van der Waals surface area (Å²) in [5.74, 6) is 1.66. The molecule has 0 radical (unpaired) electrons. The maximum Gasteiger partial charge on any atom is 0.226 e. The van der Waals surface area contributed by atoms with Crippen LogP contribution in [0.4, 0.5) is 0 Å². The van der Waals surface area contributed by atoms with Gasteiger partial charge in [-0.3, -0.25) is 4.79 Å². The van der Waals surface area contributed by atoms with Crippen LogP contribution in [0.1, 0.15) is 23.8 Å². The minimum Gasteiger partial charge on any atom is -0.325 e. The fraction of sp³-hybridized carbons (Fsp3) is 0.462. The van der Waals surface area contributed by atoms with Crippen molar-refractivity contribution in [2.75, 3.05) is 12.3 Å². The van der Waals surface area contributed by atoms with E-state index in [1.165, 1.54) is 0 Å². The van der Waals surface area contributed by atoms with E-state index in [0.29, 0.717) is 11.8 Å². The van der Waals surface area contributed by atoms with Gasteiger partial charge < -0.3 is 4.90 Å². The summed E-state index contributed by atoms with van der Waals surface area (Å²) in [6.07, 6.45) is 2.14. The lowest BCUT2D eigenvalue weighted by molar-refractivity contribution is -0.132. The second-order valence-corrected chi connectivity index (χ2v) is 6.21. The lowest BCUT2D eigenvalue weighted by Gasteiger charge is -2.24. The summed E-state index contributed by atoms with van der Waals surface area (Å²) in [5.41, 5.74) is 1.15. The fourth-order valence-electron chi connectivity index (χ4n) is 2.20. The van der Waals surface area contributed by atoms with Crippen LogP contribution < -0.4 is 0 Å². The van der Waals surface area contributed by atoms with Gasteiger partial charge in [-0.05, 0) is 30.5 Å². The Morgan fingerprint density at radius 1 is 1.41 bits per heavy atom. The van der Waals surface area contributed by atoms with Crippen molar-refractivity contribution in [1.29, 1.82) is 0 Å².